The Labute approximate surface area is 206 Å². The van der Waals surface area contributed by atoms with Crippen molar-refractivity contribution in [2.75, 3.05) is 11.3 Å². The number of benzene rings is 3. The number of aliphatic hydroxyl groups is 1. The Kier molecular flexibility index (Phi) is 9.05. The molecule has 0 aliphatic heterocycles. The highest BCUT2D eigenvalue weighted by atomic mass is 32.2. The van der Waals surface area contributed by atoms with E-state index in [-0.39, 0.29) is 23.6 Å². The molecular formula is C27H29NO6S. The van der Waals surface area contributed by atoms with Crippen molar-refractivity contribution in [3.63, 3.8) is 0 Å². The molecular weight excluding hydrogens is 466 g/mol. The number of aryl methyl sites for hydroxylation is 1. The molecule has 0 aliphatic carbocycles. The van der Waals surface area contributed by atoms with E-state index in [2.05, 4.69) is 4.72 Å². The van der Waals surface area contributed by atoms with E-state index in [1.807, 2.05) is 37.3 Å². The lowest BCUT2D eigenvalue weighted by Gasteiger charge is -2.18. The van der Waals surface area contributed by atoms with Crippen LogP contribution in [0.2, 0.25) is 0 Å². The first-order valence-corrected chi connectivity index (χ1v) is 12.6. The van der Waals surface area contributed by atoms with Crippen LogP contribution in [0.3, 0.4) is 0 Å². The highest BCUT2D eigenvalue weighted by Gasteiger charge is 2.19. The third-order valence-corrected chi connectivity index (χ3v) is 6.50. The summed E-state index contributed by atoms with van der Waals surface area (Å²) in [5.74, 6) is 0.0938. The fourth-order valence-electron chi connectivity index (χ4n) is 3.25. The zero-order valence-electron chi connectivity index (χ0n) is 19.7. The Morgan fingerprint density at radius 1 is 1.03 bits per heavy atom. The minimum atomic E-state index is -3.87. The van der Waals surface area contributed by atoms with Gasteiger partial charge in [0.2, 0.25) is 0 Å². The molecule has 0 fully saturated rings. The van der Waals surface area contributed by atoms with Crippen LogP contribution >= 0.6 is 0 Å². The fourth-order valence-corrected chi connectivity index (χ4v) is 4.33. The number of hydrogen-bond acceptors (Lipinski definition) is 6. The first-order valence-electron chi connectivity index (χ1n) is 11.1. The largest absolute Gasteiger partial charge is 0.489 e. The van der Waals surface area contributed by atoms with Crippen molar-refractivity contribution in [2.24, 2.45) is 0 Å². The van der Waals surface area contributed by atoms with Gasteiger partial charge in [-0.1, -0.05) is 60.2 Å². The standard InChI is InChI=1S/C27H29NO6S/c1-20-11-14-24(15-12-20)35(31,32)28-26-16-13-23(34-19-22-8-4-3-5-9-22)18-25(26)27(30)10-6-7-17-33-21(2)29/h3-9,11-16,18,27-28,30H,10,17,19H2,1-2H3/b7-6-. The second-order valence-electron chi connectivity index (χ2n) is 7.97. The molecule has 35 heavy (non-hydrogen) atoms. The van der Waals surface area contributed by atoms with Crippen LogP contribution in [0.4, 0.5) is 5.69 Å². The Balaban J connectivity index is 1.83. The molecule has 0 aromatic heterocycles. The minimum absolute atomic E-state index is 0.0925. The maximum Gasteiger partial charge on any atom is 0.302 e. The maximum atomic E-state index is 13.0. The van der Waals surface area contributed by atoms with Crippen LogP contribution in [-0.2, 0) is 26.2 Å². The van der Waals surface area contributed by atoms with Gasteiger partial charge in [0.1, 0.15) is 19.0 Å². The quantitative estimate of drug-likeness (QED) is 0.289. The van der Waals surface area contributed by atoms with Crippen LogP contribution in [0.1, 0.15) is 36.1 Å². The summed E-state index contributed by atoms with van der Waals surface area (Å²) in [6, 6.07) is 21.0. The minimum Gasteiger partial charge on any atom is -0.489 e. The lowest BCUT2D eigenvalue weighted by Crippen LogP contribution is -2.15. The summed E-state index contributed by atoms with van der Waals surface area (Å²) in [5, 5.41) is 10.9. The molecule has 0 bridgehead atoms. The summed E-state index contributed by atoms with van der Waals surface area (Å²) < 4.78 is 39.2. The lowest BCUT2D eigenvalue weighted by atomic mass is 10.0. The van der Waals surface area contributed by atoms with Crippen molar-refractivity contribution >= 4 is 21.7 Å². The molecule has 8 heteroatoms. The second-order valence-corrected chi connectivity index (χ2v) is 9.65. The predicted octanol–water partition coefficient (Wildman–Crippen LogP) is 4.92. The number of ether oxygens (including phenoxy) is 2. The molecule has 0 radical (unpaired) electrons. The topological polar surface area (TPSA) is 102 Å². The summed E-state index contributed by atoms with van der Waals surface area (Å²) in [6.07, 6.45) is 2.45. The van der Waals surface area contributed by atoms with Crippen LogP contribution in [0.15, 0.2) is 89.8 Å². The molecule has 184 valence electrons. The zero-order chi connectivity index (χ0) is 25.3. The maximum absolute atomic E-state index is 13.0. The number of carbonyl (C=O) groups excluding carboxylic acids is 1. The zero-order valence-corrected chi connectivity index (χ0v) is 20.5. The van der Waals surface area contributed by atoms with Gasteiger partial charge in [-0.25, -0.2) is 8.42 Å². The number of carbonyl (C=O) groups is 1. The summed E-state index contributed by atoms with van der Waals surface area (Å²) >= 11 is 0. The van der Waals surface area contributed by atoms with E-state index in [1.165, 1.54) is 19.1 Å². The van der Waals surface area contributed by atoms with E-state index in [1.54, 1.807) is 42.5 Å². The molecule has 0 aliphatic rings. The first-order chi connectivity index (χ1) is 16.7. The van der Waals surface area contributed by atoms with Crippen LogP contribution in [0, 0.1) is 6.92 Å². The van der Waals surface area contributed by atoms with E-state index in [0.717, 1.165) is 11.1 Å². The summed E-state index contributed by atoms with van der Waals surface area (Å²) in [7, 11) is -3.87. The van der Waals surface area contributed by atoms with Gasteiger partial charge in [-0.05, 0) is 49.2 Å². The van der Waals surface area contributed by atoms with E-state index >= 15 is 0 Å². The van der Waals surface area contributed by atoms with Crippen LogP contribution in [0.5, 0.6) is 5.75 Å². The monoisotopic (exact) mass is 495 g/mol. The van der Waals surface area contributed by atoms with Gasteiger partial charge in [0.05, 0.1) is 16.7 Å². The molecule has 0 amide bonds. The van der Waals surface area contributed by atoms with Crippen molar-refractivity contribution < 1.29 is 27.8 Å². The lowest BCUT2D eigenvalue weighted by molar-refractivity contribution is -0.139. The van der Waals surface area contributed by atoms with Gasteiger partial charge in [0.25, 0.3) is 10.0 Å². The molecule has 3 aromatic rings. The van der Waals surface area contributed by atoms with Gasteiger partial charge < -0.3 is 14.6 Å². The predicted molar refractivity (Wildman–Crippen MR) is 135 cm³/mol. The molecule has 0 heterocycles. The normalized spacial score (nSPS) is 12.3. The average molecular weight is 496 g/mol. The van der Waals surface area contributed by atoms with E-state index in [4.69, 9.17) is 9.47 Å². The highest BCUT2D eigenvalue weighted by molar-refractivity contribution is 7.92. The van der Waals surface area contributed by atoms with Crippen LogP contribution < -0.4 is 9.46 Å². The third kappa shape index (κ3) is 7.98. The Morgan fingerprint density at radius 2 is 1.74 bits per heavy atom. The molecule has 1 atom stereocenters. The smallest absolute Gasteiger partial charge is 0.302 e. The molecule has 3 aromatic carbocycles. The highest BCUT2D eigenvalue weighted by Crippen LogP contribution is 2.32. The number of anilines is 1. The van der Waals surface area contributed by atoms with Gasteiger partial charge >= 0.3 is 5.97 Å². The molecule has 2 N–H and O–H groups in total. The fraction of sp³-hybridized carbons (Fsp3) is 0.222. The molecule has 7 nitrogen and oxygen atoms in total. The Morgan fingerprint density at radius 3 is 2.43 bits per heavy atom. The number of sulfonamides is 1. The molecule has 3 rings (SSSR count). The van der Waals surface area contributed by atoms with E-state index in [9.17, 15) is 18.3 Å². The van der Waals surface area contributed by atoms with Crippen LogP contribution in [0.25, 0.3) is 0 Å². The molecule has 0 saturated heterocycles. The van der Waals surface area contributed by atoms with Gasteiger partial charge in [-0.3, -0.25) is 9.52 Å². The van der Waals surface area contributed by atoms with Crippen LogP contribution in [-0.4, -0.2) is 26.1 Å². The van der Waals surface area contributed by atoms with Crippen molar-refractivity contribution in [2.45, 2.75) is 37.9 Å². The van der Waals surface area contributed by atoms with Gasteiger partial charge in [0, 0.05) is 12.5 Å². The second kappa shape index (κ2) is 12.2. The third-order valence-electron chi connectivity index (χ3n) is 5.11. The number of hydrogen-bond donors (Lipinski definition) is 2. The number of esters is 1. The SMILES string of the molecule is CC(=O)OC/C=C\CC(O)c1cc(OCc2ccccc2)ccc1NS(=O)(=O)c1ccc(C)cc1. The molecule has 0 saturated carbocycles. The summed E-state index contributed by atoms with van der Waals surface area (Å²) in [4.78, 5) is 11.0. The van der Waals surface area contributed by atoms with Crippen molar-refractivity contribution in [1.82, 2.24) is 0 Å². The van der Waals surface area contributed by atoms with Crippen molar-refractivity contribution in [3.8, 4) is 5.75 Å². The van der Waals surface area contributed by atoms with Crippen molar-refractivity contribution in [3.05, 3.63) is 102 Å². The average Bonchev–Trinajstić information content (AvgIpc) is 2.83. The summed E-state index contributed by atoms with van der Waals surface area (Å²) in [5.41, 5.74) is 2.54. The van der Waals surface area contributed by atoms with Gasteiger partial charge in [0.15, 0.2) is 0 Å². The van der Waals surface area contributed by atoms with Gasteiger partial charge in [-0.2, -0.15) is 0 Å². The molecule has 0 spiro atoms. The number of rotatable bonds is 11. The summed E-state index contributed by atoms with van der Waals surface area (Å²) in [6.45, 7) is 3.61. The molecule has 1 unspecified atom stereocenters. The first kappa shape index (κ1) is 26.0. The Bertz CT molecular complexity index is 1250. The van der Waals surface area contributed by atoms with Gasteiger partial charge in [-0.15, -0.1) is 0 Å². The Hall–Kier alpha value is -3.62. The van der Waals surface area contributed by atoms with Crippen molar-refractivity contribution in [1.29, 1.82) is 0 Å². The number of nitrogens with one attached hydrogen (secondary N) is 1. The number of aliphatic hydroxyl groups excluding tert-OH is 1. The van der Waals surface area contributed by atoms with E-state index in [0.29, 0.717) is 17.9 Å². The van der Waals surface area contributed by atoms with E-state index < -0.39 is 22.1 Å².